The largest absolute Gasteiger partial charge is 0.493 e. The van der Waals surface area contributed by atoms with Crippen molar-refractivity contribution in [3.05, 3.63) is 45.9 Å². The molecule has 0 aromatic heterocycles. The Labute approximate surface area is 195 Å². The summed E-state index contributed by atoms with van der Waals surface area (Å²) in [7, 11) is 1.51. The summed E-state index contributed by atoms with van der Waals surface area (Å²) in [6, 6.07) is 8.28. The highest BCUT2D eigenvalue weighted by Gasteiger charge is 2.14. The van der Waals surface area contributed by atoms with Crippen LogP contribution in [0.3, 0.4) is 0 Å². The van der Waals surface area contributed by atoms with Gasteiger partial charge in [-0.3, -0.25) is 9.59 Å². The number of primary amides is 1. The van der Waals surface area contributed by atoms with Gasteiger partial charge in [-0.1, -0.05) is 6.92 Å². The van der Waals surface area contributed by atoms with Gasteiger partial charge >= 0.3 is 0 Å². The van der Waals surface area contributed by atoms with Gasteiger partial charge in [-0.05, 0) is 65.2 Å². The molecule has 0 aliphatic heterocycles. The number of benzene rings is 2. The molecule has 0 aliphatic carbocycles. The number of nitrogens with two attached hydrogens (primary N) is 1. The molecule has 0 atom stereocenters. The average molecular weight is 508 g/mol. The minimum Gasteiger partial charge on any atom is -0.493 e. The van der Waals surface area contributed by atoms with Crippen molar-refractivity contribution in [2.45, 2.75) is 20.3 Å². The second kappa shape index (κ2) is 12.6. The van der Waals surface area contributed by atoms with Crippen LogP contribution in [0.5, 0.6) is 23.0 Å². The van der Waals surface area contributed by atoms with Gasteiger partial charge in [0.2, 0.25) is 0 Å². The van der Waals surface area contributed by atoms with E-state index in [4.69, 9.17) is 24.7 Å². The third-order valence-corrected chi connectivity index (χ3v) is 4.55. The second-order valence-electron chi connectivity index (χ2n) is 6.43. The first-order chi connectivity index (χ1) is 15.4. The lowest BCUT2D eigenvalue weighted by Gasteiger charge is -2.13. The van der Waals surface area contributed by atoms with E-state index in [0.29, 0.717) is 51.8 Å². The number of methoxy groups -OCH3 is 1. The minimum absolute atomic E-state index is 0.284. The number of hydrogen-bond donors (Lipinski definition) is 2. The molecule has 0 radical (unpaired) electrons. The summed E-state index contributed by atoms with van der Waals surface area (Å²) >= 11 is 3.38. The molecular formula is C22H26BrN3O6. The summed E-state index contributed by atoms with van der Waals surface area (Å²) in [4.78, 5) is 23.5. The molecule has 172 valence electrons. The molecule has 2 aromatic carbocycles. The Morgan fingerprint density at radius 1 is 1.09 bits per heavy atom. The Hall–Kier alpha value is -3.27. The van der Waals surface area contributed by atoms with Crippen molar-refractivity contribution in [3.63, 3.8) is 0 Å². The van der Waals surface area contributed by atoms with Crippen LogP contribution in [0.4, 0.5) is 0 Å². The van der Waals surface area contributed by atoms with Crippen LogP contribution in [0.15, 0.2) is 39.9 Å². The molecule has 0 bridgehead atoms. The van der Waals surface area contributed by atoms with Crippen LogP contribution in [0.2, 0.25) is 0 Å². The van der Waals surface area contributed by atoms with Crippen molar-refractivity contribution in [2.24, 2.45) is 10.8 Å². The summed E-state index contributed by atoms with van der Waals surface area (Å²) in [5, 5.41) is 4.00. The Balaban J connectivity index is 2.12. The van der Waals surface area contributed by atoms with Gasteiger partial charge in [0.25, 0.3) is 11.8 Å². The number of halogens is 1. The first-order valence-electron chi connectivity index (χ1n) is 9.91. The smallest absolute Gasteiger partial charge is 0.271 e. The Bertz CT molecular complexity index is 980. The number of carbonyl (C=O) groups is 2. The fraction of sp³-hybridized carbons (Fsp3) is 0.318. The maximum Gasteiger partial charge on any atom is 0.271 e. The van der Waals surface area contributed by atoms with Gasteiger partial charge in [-0.15, -0.1) is 0 Å². The fourth-order valence-corrected chi connectivity index (χ4v) is 3.15. The van der Waals surface area contributed by atoms with Gasteiger partial charge in [-0.2, -0.15) is 5.10 Å². The van der Waals surface area contributed by atoms with Crippen LogP contribution in [0.1, 0.15) is 36.2 Å². The summed E-state index contributed by atoms with van der Waals surface area (Å²) in [5.41, 5.74) is 8.61. The van der Waals surface area contributed by atoms with Crippen molar-refractivity contribution < 1.29 is 28.5 Å². The Kier molecular flexibility index (Phi) is 9.80. The highest BCUT2D eigenvalue weighted by molar-refractivity contribution is 9.10. The zero-order valence-electron chi connectivity index (χ0n) is 18.1. The molecular weight excluding hydrogens is 482 g/mol. The van der Waals surface area contributed by atoms with Crippen molar-refractivity contribution in [2.75, 3.05) is 26.9 Å². The van der Waals surface area contributed by atoms with E-state index >= 15 is 0 Å². The minimum atomic E-state index is -0.603. The van der Waals surface area contributed by atoms with Gasteiger partial charge in [0.05, 0.1) is 31.0 Å². The number of nitrogens with zero attached hydrogens (tertiary/aromatic N) is 1. The summed E-state index contributed by atoms with van der Waals surface area (Å²) in [6.07, 6.45) is 2.32. The average Bonchev–Trinajstić information content (AvgIpc) is 2.77. The third-order valence-electron chi connectivity index (χ3n) is 3.96. The van der Waals surface area contributed by atoms with Gasteiger partial charge < -0.3 is 24.7 Å². The predicted octanol–water partition coefficient (Wildman–Crippen LogP) is 3.27. The number of amides is 2. The molecule has 0 saturated heterocycles. The van der Waals surface area contributed by atoms with Crippen LogP contribution in [-0.2, 0) is 4.79 Å². The maximum absolute atomic E-state index is 12.4. The zero-order valence-corrected chi connectivity index (χ0v) is 19.7. The normalized spacial score (nSPS) is 10.6. The number of ether oxygens (including phenoxy) is 4. The van der Waals surface area contributed by atoms with Crippen molar-refractivity contribution in [1.29, 1.82) is 0 Å². The third kappa shape index (κ3) is 7.16. The van der Waals surface area contributed by atoms with Gasteiger partial charge in [0.15, 0.2) is 29.6 Å². The molecule has 0 unspecified atom stereocenters. The van der Waals surface area contributed by atoms with Gasteiger partial charge in [-0.25, -0.2) is 5.43 Å². The molecule has 0 fully saturated rings. The van der Waals surface area contributed by atoms with Crippen molar-refractivity contribution in [3.8, 4) is 23.0 Å². The lowest BCUT2D eigenvalue weighted by molar-refractivity contribution is -0.119. The molecule has 0 saturated carbocycles. The fourth-order valence-electron chi connectivity index (χ4n) is 2.58. The molecule has 9 nitrogen and oxygen atoms in total. The molecule has 2 amide bonds. The Morgan fingerprint density at radius 2 is 1.88 bits per heavy atom. The van der Waals surface area contributed by atoms with Gasteiger partial charge in [0, 0.05) is 5.56 Å². The van der Waals surface area contributed by atoms with Crippen molar-refractivity contribution in [1.82, 2.24) is 5.43 Å². The molecule has 32 heavy (non-hydrogen) atoms. The van der Waals surface area contributed by atoms with E-state index in [2.05, 4.69) is 26.5 Å². The summed E-state index contributed by atoms with van der Waals surface area (Å²) in [5.74, 6) is 0.780. The molecule has 0 spiro atoms. The topological polar surface area (TPSA) is 121 Å². The van der Waals surface area contributed by atoms with E-state index in [1.54, 1.807) is 30.3 Å². The molecule has 2 rings (SSSR count). The van der Waals surface area contributed by atoms with Crippen LogP contribution in [-0.4, -0.2) is 45.0 Å². The van der Waals surface area contributed by atoms with Crippen molar-refractivity contribution >= 4 is 34.0 Å². The number of nitrogens with one attached hydrogen (secondary N) is 1. The molecule has 3 N–H and O–H groups in total. The number of hydrogen-bond acceptors (Lipinski definition) is 7. The molecule has 0 heterocycles. The van der Waals surface area contributed by atoms with E-state index in [-0.39, 0.29) is 6.61 Å². The first-order valence-corrected chi connectivity index (χ1v) is 10.7. The van der Waals surface area contributed by atoms with Gasteiger partial charge in [0.1, 0.15) is 0 Å². The lowest BCUT2D eigenvalue weighted by Crippen LogP contribution is -2.20. The highest BCUT2D eigenvalue weighted by Crippen LogP contribution is 2.36. The number of carbonyl (C=O) groups excluding carboxylic acids is 2. The summed E-state index contributed by atoms with van der Waals surface area (Å²) in [6.45, 7) is 4.48. The molecule has 0 aliphatic rings. The van der Waals surface area contributed by atoms with Crippen LogP contribution in [0, 0.1) is 0 Å². The van der Waals surface area contributed by atoms with E-state index in [1.165, 1.54) is 13.3 Å². The van der Waals surface area contributed by atoms with Crippen LogP contribution in [0.25, 0.3) is 0 Å². The second-order valence-corrected chi connectivity index (χ2v) is 7.29. The number of hydrazone groups is 1. The quantitative estimate of drug-likeness (QED) is 0.335. The summed E-state index contributed by atoms with van der Waals surface area (Å²) < 4.78 is 22.4. The van der Waals surface area contributed by atoms with E-state index < -0.39 is 11.8 Å². The monoisotopic (exact) mass is 507 g/mol. The van der Waals surface area contributed by atoms with Crippen LogP contribution < -0.4 is 30.1 Å². The van der Waals surface area contributed by atoms with E-state index in [1.807, 2.05) is 13.8 Å². The Morgan fingerprint density at radius 3 is 2.53 bits per heavy atom. The molecule has 2 aromatic rings. The predicted molar refractivity (Wildman–Crippen MR) is 124 cm³/mol. The standard InChI is InChI=1S/C22H26BrN3O6/c1-4-8-31-17-7-6-15(11-18(17)29-3)22(28)26-25-12-14-9-16(23)21(32-13-20(24)27)19(10-14)30-5-2/h6-7,9-12H,4-5,8,13H2,1-3H3,(H2,24,27)(H,26,28)/b25-12+. The molecule has 10 heteroatoms. The highest BCUT2D eigenvalue weighted by atomic mass is 79.9. The first kappa shape index (κ1) is 25.0. The maximum atomic E-state index is 12.4. The van der Waals surface area contributed by atoms with Crippen LogP contribution >= 0.6 is 15.9 Å². The van der Waals surface area contributed by atoms with E-state index in [0.717, 1.165) is 6.42 Å². The van der Waals surface area contributed by atoms with E-state index in [9.17, 15) is 9.59 Å². The SMILES string of the molecule is CCCOc1ccc(C(=O)N/N=C/c2cc(Br)c(OCC(N)=O)c(OCC)c2)cc1OC. The zero-order chi connectivity index (χ0) is 23.5. The lowest BCUT2D eigenvalue weighted by atomic mass is 10.2. The number of rotatable bonds is 12.